The summed E-state index contributed by atoms with van der Waals surface area (Å²) in [6.07, 6.45) is 1.77. The maximum atomic E-state index is 12.8. The molecule has 0 fully saturated rings. The Labute approximate surface area is 150 Å². The number of hydrogen-bond donors (Lipinski definition) is 1. The minimum absolute atomic E-state index is 0.124. The van der Waals surface area contributed by atoms with Crippen LogP contribution in [0.5, 0.6) is 11.5 Å². The van der Waals surface area contributed by atoms with Crippen molar-refractivity contribution >= 4 is 11.6 Å². The first kappa shape index (κ1) is 18.8. The predicted octanol–water partition coefficient (Wildman–Crippen LogP) is 4.62. The second kappa shape index (κ2) is 9.11. The molecule has 0 spiro atoms. The third kappa shape index (κ3) is 4.75. The number of anilines is 1. The number of methoxy groups -OCH3 is 1. The first-order chi connectivity index (χ1) is 12.1. The number of carbonyl (C=O) groups is 1. The van der Waals surface area contributed by atoms with Gasteiger partial charge in [-0.3, -0.25) is 4.79 Å². The van der Waals surface area contributed by atoms with E-state index < -0.39 is 6.10 Å². The molecule has 1 amide bonds. The Morgan fingerprint density at radius 2 is 1.60 bits per heavy atom. The Morgan fingerprint density at radius 3 is 2.16 bits per heavy atom. The highest BCUT2D eigenvalue weighted by Crippen LogP contribution is 2.24. The van der Waals surface area contributed by atoms with E-state index in [1.165, 1.54) is 0 Å². The third-order valence-electron chi connectivity index (χ3n) is 4.23. The molecule has 0 aliphatic rings. The van der Waals surface area contributed by atoms with Gasteiger partial charge in [-0.2, -0.15) is 0 Å². The molecule has 0 saturated heterocycles. The molecule has 1 atom stereocenters. The third-order valence-corrected chi connectivity index (χ3v) is 4.23. The molecule has 4 nitrogen and oxygen atoms in total. The quantitative estimate of drug-likeness (QED) is 0.762. The van der Waals surface area contributed by atoms with Gasteiger partial charge in [-0.05, 0) is 42.5 Å². The first-order valence-electron chi connectivity index (χ1n) is 8.85. The van der Waals surface area contributed by atoms with Crippen molar-refractivity contribution in [2.24, 2.45) is 0 Å². The highest BCUT2D eigenvalue weighted by molar-refractivity contribution is 5.95. The Morgan fingerprint density at radius 1 is 1.00 bits per heavy atom. The van der Waals surface area contributed by atoms with Gasteiger partial charge in [-0.1, -0.05) is 45.0 Å². The van der Waals surface area contributed by atoms with Crippen LogP contribution in [0.25, 0.3) is 0 Å². The smallest absolute Gasteiger partial charge is 0.265 e. The summed E-state index contributed by atoms with van der Waals surface area (Å²) < 4.78 is 11.1. The van der Waals surface area contributed by atoms with Gasteiger partial charge in [0.1, 0.15) is 11.5 Å². The van der Waals surface area contributed by atoms with Gasteiger partial charge in [0.05, 0.1) is 7.11 Å². The molecule has 0 aliphatic carbocycles. The van der Waals surface area contributed by atoms with Gasteiger partial charge in [0.2, 0.25) is 0 Å². The summed E-state index contributed by atoms with van der Waals surface area (Å²) in [6.45, 7) is 6.12. The minimum atomic E-state index is -0.554. The fourth-order valence-corrected chi connectivity index (χ4v) is 2.77. The van der Waals surface area contributed by atoms with Crippen LogP contribution < -0.4 is 14.8 Å². The van der Waals surface area contributed by atoms with Crippen LogP contribution in [-0.4, -0.2) is 19.1 Å². The second-order valence-electron chi connectivity index (χ2n) is 5.84. The van der Waals surface area contributed by atoms with Crippen molar-refractivity contribution in [3.05, 3.63) is 53.6 Å². The fraction of sp³-hybridized carbons (Fsp3) is 0.381. The highest BCUT2D eigenvalue weighted by Gasteiger charge is 2.20. The van der Waals surface area contributed by atoms with Gasteiger partial charge in [0, 0.05) is 11.8 Å². The lowest BCUT2D eigenvalue weighted by molar-refractivity contribution is -0.122. The van der Waals surface area contributed by atoms with Gasteiger partial charge in [-0.15, -0.1) is 0 Å². The summed E-state index contributed by atoms with van der Waals surface area (Å²) >= 11 is 0. The normalized spacial score (nSPS) is 11.7. The summed E-state index contributed by atoms with van der Waals surface area (Å²) in [5.74, 6) is 1.21. The lowest BCUT2D eigenvalue weighted by Gasteiger charge is -2.20. The van der Waals surface area contributed by atoms with Crippen molar-refractivity contribution in [3.8, 4) is 11.5 Å². The lowest BCUT2D eigenvalue weighted by atomic mass is 10.0. The van der Waals surface area contributed by atoms with E-state index in [1.54, 1.807) is 13.2 Å². The van der Waals surface area contributed by atoms with Crippen LogP contribution in [0, 0.1) is 0 Å². The number of nitrogens with one attached hydrogen (secondary N) is 1. The van der Waals surface area contributed by atoms with Crippen molar-refractivity contribution in [3.63, 3.8) is 0 Å². The Hall–Kier alpha value is -2.49. The van der Waals surface area contributed by atoms with E-state index >= 15 is 0 Å². The number of amides is 1. The molecule has 25 heavy (non-hydrogen) atoms. The average Bonchev–Trinajstić information content (AvgIpc) is 2.66. The standard InChI is InChI=1S/C21H27NO3/c1-5-15-10-8-11-16(6-2)20(15)22-21(23)19(7-3)25-18-13-9-12-17(14-18)24-4/h8-14,19H,5-7H2,1-4H3,(H,22,23)/t19-/m0/s1. The van der Waals surface area contributed by atoms with Crippen molar-refractivity contribution in [1.82, 2.24) is 0 Å². The number of carbonyl (C=O) groups excluding carboxylic acids is 1. The molecule has 134 valence electrons. The predicted molar refractivity (Wildman–Crippen MR) is 102 cm³/mol. The Kier molecular flexibility index (Phi) is 6.87. The SMILES string of the molecule is CCc1cccc(CC)c1NC(=O)[C@H](CC)Oc1cccc(OC)c1. The zero-order valence-electron chi connectivity index (χ0n) is 15.5. The summed E-state index contributed by atoms with van der Waals surface area (Å²) in [5.41, 5.74) is 3.21. The van der Waals surface area contributed by atoms with Gasteiger partial charge < -0.3 is 14.8 Å². The summed E-state index contributed by atoms with van der Waals surface area (Å²) in [6, 6.07) is 13.5. The van der Waals surface area contributed by atoms with Crippen LogP contribution in [-0.2, 0) is 17.6 Å². The summed E-state index contributed by atoms with van der Waals surface area (Å²) in [7, 11) is 1.61. The van der Waals surface area contributed by atoms with Crippen molar-refractivity contribution in [2.75, 3.05) is 12.4 Å². The average molecular weight is 341 g/mol. The molecule has 0 unspecified atom stereocenters. The molecule has 1 N–H and O–H groups in total. The van der Waals surface area contributed by atoms with E-state index in [0.29, 0.717) is 17.9 Å². The van der Waals surface area contributed by atoms with Gasteiger partial charge in [0.15, 0.2) is 6.10 Å². The summed E-state index contributed by atoms with van der Waals surface area (Å²) in [4.78, 5) is 12.8. The molecule has 0 radical (unpaired) electrons. The number of hydrogen-bond acceptors (Lipinski definition) is 3. The largest absolute Gasteiger partial charge is 0.497 e. The Balaban J connectivity index is 2.17. The van der Waals surface area contributed by atoms with E-state index in [4.69, 9.17) is 9.47 Å². The van der Waals surface area contributed by atoms with Crippen LogP contribution in [0.4, 0.5) is 5.69 Å². The van der Waals surface area contributed by atoms with E-state index in [0.717, 1.165) is 29.7 Å². The molecule has 0 aromatic heterocycles. The van der Waals surface area contributed by atoms with Crippen LogP contribution in [0.2, 0.25) is 0 Å². The minimum Gasteiger partial charge on any atom is -0.497 e. The van der Waals surface area contributed by atoms with Crippen LogP contribution in [0.15, 0.2) is 42.5 Å². The maximum absolute atomic E-state index is 12.8. The molecule has 2 aromatic carbocycles. The number of aryl methyl sites for hydroxylation is 2. The molecular weight excluding hydrogens is 314 g/mol. The van der Waals surface area contributed by atoms with Crippen molar-refractivity contribution in [2.45, 2.75) is 46.1 Å². The molecule has 0 saturated carbocycles. The van der Waals surface area contributed by atoms with Crippen LogP contribution >= 0.6 is 0 Å². The number of benzene rings is 2. The van der Waals surface area contributed by atoms with Crippen LogP contribution in [0.1, 0.15) is 38.3 Å². The molecule has 2 aromatic rings. The topological polar surface area (TPSA) is 47.6 Å². The highest BCUT2D eigenvalue weighted by atomic mass is 16.5. The van der Waals surface area contributed by atoms with Crippen molar-refractivity contribution < 1.29 is 14.3 Å². The zero-order valence-corrected chi connectivity index (χ0v) is 15.5. The van der Waals surface area contributed by atoms with E-state index in [1.807, 2.05) is 31.2 Å². The molecule has 2 rings (SSSR count). The van der Waals surface area contributed by atoms with E-state index in [2.05, 4.69) is 31.3 Å². The lowest BCUT2D eigenvalue weighted by Crippen LogP contribution is -2.33. The maximum Gasteiger partial charge on any atom is 0.265 e. The molecule has 0 aliphatic heterocycles. The Bertz CT molecular complexity index is 690. The van der Waals surface area contributed by atoms with E-state index in [9.17, 15) is 4.79 Å². The fourth-order valence-electron chi connectivity index (χ4n) is 2.77. The number of para-hydroxylation sites is 1. The number of ether oxygens (including phenoxy) is 2. The summed E-state index contributed by atoms with van der Waals surface area (Å²) in [5, 5.41) is 3.09. The van der Waals surface area contributed by atoms with Crippen molar-refractivity contribution in [1.29, 1.82) is 0 Å². The molecule has 0 heterocycles. The zero-order chi connectivity index (χ0) is 18.2. The first-order valence-corrected chi connectivity index (χ1v) is 8.85. The van der Waals surface area contributed by atoms with Gasteiger partial charge in [-0.25, -0.2) is 0 Å². The molecular formula is C21H27NO3. The van der Waals surface area contributed by atoms with Gasteiger partial charge >= 0.3 is 0 Å². The molecule has 0 bridgehead atoms. The second-order valence-corrected chi connectivity index (χ2v) is 5.84. The molecule has 4 heteroatoms. The van der Waals surface area contributed by atoms with E-state index in [-0.39, 0.29) is 5.91 Å². The van der Waals surface area contributed by atoms with Gasteiger partial charge in [0.25, 0.3) is 5.91 Å². The monoisotopic (exact) mass is 341 g/mol. The number of rotatable bonds is 8. The van der Waals surface area contributed by atoms with Crippen LogP contribution in [0.3, 0.4) is 0 Å².